The summed E-state index contributed by atoms with van der Waals surface area (Å²) in [5, 5.41) is 2.81. The summed E-state index contributed by atoms with van der Waals surface area (Å²) in [7, 11) is 0. The van der Waals surface area contributed by atoms with Crippen LogP contribution in [0.25, 0.3) is 11.3 Å². The van der Waals surface area contributed by atoms with Gasteiger partial charge < -0.3 is 10.3 Å². The lowest BCUT2D eigenvalue weighted by atomic mass is 10.1. The average Bonchev–Trinajstić information content (AvgIpc) is 2.81. The first kappa shape index (κ1) is 9.59. The number of benzene rings is 1. The maximum absolute atomic E-state index is 11.2. The van der Waals surface area contributed by atoms with Crippen LogP contribution < -0.4 is 5.32 Å². The van der Waals surface area contributed by atoms with Crippen molar-refractivity contribution in [1.82, 2.24) is 9.97 Å². The smallest absolute Gasteiger partial charge is 0.228 e. The molecule has 0 atom stereocenters. The number of nitrogens with one attached hydrogen (secondary N) is 2. The predicted octanol–water partition coefficient (Wildman–Crippen LogP) is 2.33. The molecule has 1 aromatic carbocycles. The maximum atomic E-state index is 11.2. The molecular formula is C11H8BrN3O. The summed E-state index contributed by atoms with van der Waals surface area (Å²) < 4.78 is 0.852. The Morgan fingerprint density at radius 3 is 3.00 bits per heavy atom. The number of carbonyl (C=O) groups is 1. The summed E-state index contributed by atoms with van der Waals surface area (Å²) in [6.07, 6.45) is 2.08. The van der Waals surface area contributed by atoms with E-state index in [4.69, 9.17) is 0 Å². The zero-order chi connectivity index (χ0) is 11.1. The summed E-state index contributed by atoms with van der Waals surface area (Å²) >= 11 is 3.39. The highest BCUT2D eigenvalue weighted by atomic mass is 79.9. The summed E-state index contributed by atoms with van der Waals surface area (Å²) in [5.74, 6) is 0.0493. The van der Waals surface area contributed by atoms with Crippen molar-refractivity contribution in [3.05, 3.63) is 34.7 Å². The van der Waals surface area contributed by atoms with Gasteiger partial charge in [0, 0.05) is 11.3 Å². The Labute approximate surface area is 100 Å². The molecule has 0 saturated heterocycles. The lowest BCUT2D eigenvalue weighted by molar-refractivity contribution is -0.115. The number of hydrogen-bond donors (Lipinski definition) is 2. The number of aromatic nitrogens is 2. The van der Waals surface area contributed by atoms with Crippen LogP contribution in [0.15, 0.2) is 29.1 Å². The number of hydrogen-bond acceptors (Lipinski definition) is 2. The number of fused-ring (bicyclic) bond motifs is 1. The molecule has 1 amide bonds. The number of carbonyl (C=O) groups excluding carboxylic acids is 1. The summed E-state index contributed by atoms with van der Waals surface area (Å²) in [4.78, 5) is 18.4. The molecule has 2 aromatic rings. The third kappa shape index (κ3) is 1.44. The van der Waals surface area contributed by atoms with Crippen molar-refractivity contribution in [1.29, 1.82) is 0 Å². The Hall–Kier alpha value is -1.62. The first-order valence-corrected chi connectivity index (χ1v) is 5.65. The van der Waals surface area contributed by atoms with Crippen LogP contribution in [0.1, 0.15) is 5.56 Å². The van der Waals surface area contributed by atoms with Crippen LogP contribution in [-0.2, 0) is 11.2 Å². The third-order valence-electron chi connectivity index (χ3n) is 2.60. The second-order valence-electron chi connectivity index (χ2n) is 3.66. The van der Waals surface area contributed by atoms with Crippen molar-refractivity contribution < 1.29 is 4.79 Å². The van der Waals surface area contributed by atoms with Gasteiger partial charge in [-0.3, -0.25) is 4.79 Å². The van der Waals surface area contributed by atoms with Gasteiger partial charge in [0.2, 0.25) is 5.91 Å². The molecule has 16 heavy (non-hydrogen) atoms. The van der Waals surface area contributed by atoms with Crippen LogP contribution in [0.4, 0.5) is 5.69 Å². The van der Waals surface area contributed by atoms with Crippen LogP contribution in [0.2, 0.25) is 0 Å². The van der Waals surface area contributed by atoms with Gasteiger partial charge in [-0.05, 0) is 33.6 Å². The molecule has 5 heteroatoms. The van der Waals surface area contributed by atoms with Gasteiger partial charge in [-0.2, -0.15) is 0 Å². The van der Waals surface area contributed by atoms with Crippen molar-refractivity contribution in [2.75, 3.05) is 5.32 Å². The highest BCUT2D eigenvalue weighted by Crippen LogP contribution is 2.30. The van der Waals surface area contributed by atoms with Crippen molar-refractivity contribution in [3.8, 4) is 11.3 Å². The fourth-order valence-corrected chi connectivity index (χ4v) is 2.29. The van der Waals surface area contributed by atoms with Gasteiger partial charge in [0.1, 0.15) is 10.3 Å². The van der Waals surface area contributed by atoms with E-state index >= 15 is 0 Å². The van der Waals surface area contributed by atoms with Crippen LogP contribution in [0, 0.1) is 0 Å². The van der Waals surface area contributed by atoms with Crippen molar-refractivity contribution in [2.45, 2.75) is 6.42 Å². The van der Waals surface area contributed by atoms with Gasteiger partial charge in [-0.1, -0.05) is 6.07 Å². The minimum atomic E-state index is 0.0493. The summed E-state index contributed by atoms with van der Waals surface area (Å²) in [6, 6.07) is 5.86. The SMILES string of the molecule is O=C1Cc2cc(-c3nc[nH]c3Br)ccc2N1. The Kier molecular flexibility index (Phi) is 2.07. The van der Waals surface area contributed by atoms with Crippen molar-refractivity contribution in [2.24, 2.45) is 0 Å². The van der Waals surface area contributed by atoms with E-state index in [0.29, 0.717) is 6.42 Å². The van der Waals surface area contributed by atoms with E-state index in [0.717, 1.165) is 27.1 Å². The number of halogens is 1. The highest BCUT2D eigenvalue weighted by Gasteiger charge is 2.18. The molecule has 0 radical (unpaired) electrons. The monoisotopic (exact) mass is 277 g/mol. The number of amides is 1. The molecule has 0 aliphatic carbocycles. The number of aromatic amines is 1. The zero-order valence-corrected chi connectivity index (χ0v) is 9.84. The van der Waals surface area contributed by atoms with E-state index in [1.807, 2.05) is 18.2 Å². The normalized spacial score (nSPS) is 13.7. The van der Waals surface area contributed by atoms with Crippen LogP contribution >= 0.6 is 15.9 Å². The summed E-state index contributed by atoms with van der Waals surface area (Å²) in [5.41, 5.74) is 3.79. The largest absolute Gasteiger partial charge is 0.339 e. The minimum Gasteiger partial charge on any atom is -0.339 e. The van der Waals surface area contributed by atoms with Crippen LogP contribution in [0.5, 0.6) is 0 Å². The lowest BCUT2D eigenvalue weighted by Gasteiger charge is -2.02. The number of H-pyrrole nitrogens is 1. The second kappa shape index (κ2) is 3.45. The maximum Gasteiger partial charge on any atom is 0.228 e. The van der Waals surface area contributed by atoms with E-state index in [9.17, 15) is 4.79 Å². The van der Waals surface area contributed by atoms with Crippen LogP contribution in [0.3, 0.4) is 0 Å². The Morgan fingerprint density at radius 1 is 1.38 bits per heavy atom. The van der Waals surface area contributed by atoms with Crippen molar-refractivity contribution in [3.63, 3.8) is 0 Å². The van der Waals surface area contributed by atoms with E-state index in [2.05, 4.69) is 31.2 Å². The quantitative estimate of drug-likeness (QED) is 0.841. The van der Waals surface area contributed by atoms with E-state index in [-0.39, 0.29) is 5.91 Å². The molecule has 80 valence electrons. The molecular weight excluding hydrogens is 270 g/mol. The molecule has 2 N–H and O–H groups in total. The van der Waals surface area contributed by atoms with Crippen LogP contribution in [-0.4, -0.2) is 15.9 Å². The molecule has 1 aromatic heterocycles. The van der Waals surface area contributed by atoms with E-state index < -0.39 is 0 Å². The van der Waals surface area contributed by atoms with Gasteiger partial charge in [0.25, 0.3) is 0 Å². The van der Waals surface area contributed by atoms with Gasteiger partial charge in [-0.15, -0.1) is 0 Å². The fourth-order valence-electron chi connectivity index (χ4n) is 1.86. The number of rotatable bonds is 1. The molecule has 0 unspecified atom stereocenters. The first-order chi connectivity index (χ1) is 7.74. The van der Waals surface area contributed by atoms with Crippen molar-refractivity contribution >= 4 is 27.5 Å². The highest BCUT2D eigenvalue weighted by molar-refractivity contribution is 9.10. The fraction of sp³-hybridized carbons (Fsp3) is 0.0909. The molecule has 0 bridgehead atoms. The molecule has 0 saturated carbocycles. The first-order valence-electron chi connectivity index (χ1n) is 4.86. The average molecular weight is 278 g/mol. The Bertz CT molecular complexity index is 576. The zero-order valence-electron chi connectivity index (χ0n) is 8.25. The molecule has 1 aliphatic rings. The topological polar surface area (TPSA) is 57.8 Å². The van der Waals surface area contributed by atoms with Gasteiger partial charge in [-0.25, -0.2) is 4.98 Å². The molecule has 3 rings (SSSR count). The molecule has 1 aliphatic heterocycles. The van der Waals surface area contributed by atoms with Gasteiger partial charge >= 0.3 is 0 Å². The molecule has 0 fully saturated rings. The van der Waals surface area contributed by atoms with E-state index in [1.54, 1.807) is 6.33 Å². The minimum absolute atomic E-state index is 0.0493. The number of imidazole rings is 1. The molecule has 4 nitrogen and oxygen atoms in total. The Balaban J connectivity index is 2.09. The van der Waals surface area contributed by atoms with Gasteiger partial charge in [0.15, 0.2) is 0 Å². The third-order valence-corrected chi connectivity index (χ3v) is 3.20. The number of nitrogens with zero attached hydrogens (tertiary/aromatic N) is 1. The molecule has 0 spiro atoms. The molecule has 2 heterocycles. The Morgan fingerprint density at radius 2 is 2.25 bits per heavy atom. The standard InChI is InChI=1S/C11H8BrN3O/c12-11-10(13-5-14-11)6-1-2-8-7(3-6)4-9(16)15-8/h1-3,5H,4H2,(H,13,14)(H,15,16). The lowest BCUT2D eigenvalue weighted by Crippen LogP contribution is -2.03. The van der Waals surface area contributed by atoms with Gasteiger partial charge in [0.05, 0.1) is 12.7 Å². The summed E-state index contributed by atoms with van der Waals surface area (Å²) in [6.45, 7) is 0. The van der Waals surface area contributed by atoms with E-state index in [1.165, 1.54) is 0 Å². The number of anilines is 1. The predicted molar refractivity (Wildman–Crippen MR) is 64.1 cm³/mol. The second-order valence-corrected chi connectivity index (χ2v) is 4.46.